The second-order valence-electron chi connectivity index (χ2n) is 8.71. The van der Waals surface area contributed by atoms with Crippen LogP contribution in [0.5, 0.6) is 0 Å². The second-order valence-corrected chi connectivity index (χ2v) is 8.71. The van der Waals surface area contributed by atoms with Crippen LogP contribution >= 0.6 is 0 Å². The van der Waals surface area contributed by atoms with Crippen LogP contribution in [0.4, 0.5) is 0 Å². The van der Waals surface area contributed by atoms with E-state index in [0.717, 1.165) is 40.7 Å². The summed E-state index contributed by atoms with van der Waals surface area (Å²) in [6, 6.07) is 1.75. The van der Waals surface area contributed by atoms with E-state index in [1.807, 2.05) is 26.0 Å². The van der Waals surface area contributed by atoms with E-state index in [1.54, 1.807) is 32.5 Å². The molecule has 0 atom stereocenters. The average molecular weight is 468 g/mol. The van der Waals surface area contributed by atoms with E-state index in [1.165, 1.54) is 39.0 Å². The maximum Gasteiger partial charge on any atom is 0.340 e. The normalized spacial score (nSPS) is 13.9. The smallest absolute Gasteiger partial charge is 0.340 e. The minimum Gasteiger partial charge on any atom is -0.462 e. The van der Waals surface area contributed by atoms with E-state index in [0.29, 0.717) is 12.2 Å². The van der Waals surface area contributed by atoms with Gasteiger partial charge in [0.25, 0.3) is 0 Å². The molecular formula is C29H45N3O2. The number of carbonyl (C=O) groups is 1. The number of pyridine rings is 1. The van der Waals surface area contributed by atoms with Gasteiger partial charge in [0.2, 0.25) is 0 Å². The fourth-order valence-electron chi connectivity index (χ4n) is 4.07. The van der Waals surface area contributed by atoms with Crippen molar-refractivity contribution >= 4 is 23.8 Å². The van der Waals surface area contributed by atoms with Gasteiger partial charge < -0.3 is 4.74 Å². The molecule has 0 aliphatic heterocycles. The number of esters is 1. The standard InChI is InChI=1S/C18H24N2O2.C9H18.C2H3N/c1-6-9-10-15-13(4)20-12-16(18(21)22-8-3)17(15)14(7-2)11-19-5;1-8(2)7-9-5-3-4-6-9;1-2-3/h7,9-12H,6,8H2,1-5H3;8-9H,3-7H2,1-2H3;1H3/b10-9-,14-7+,19-11?;;. The summed E-state index contributed by atoms with van der Waals surface area (Å²) in [5.74, 6) is 1.65. The third-order valence-corrected chi connectivity index (χ3v) is 5.48. The lowest BCUT2D eigenvalue weighted by atomic mass is 9.94. The lowest BCUT2D eigenvalue weighted by molar-refractivity contribution is 0.0525. The molecular weight excluding hydrogens is 422 g/mol. The second kappa shape index (κ2) is 18.7. The fraction of sp³-hybridized carbons (Fsp3) is 0.586. The van der Waals surface area contributed by atoms with Gasteiger partial charge in [-0.1, -0.05) is 64.7 Å². The quantitative estimate of drug-likeness (QED) is 0.288. The molecule has 1 fully saturated rings. The summed E-state index contributed by atoms with van der Waals surface area (Å²) in [5, 5.41) is 7.32. The zero-order valence-corrected chi connectivity index (χ0v) is 22.6. The topological polar surface area (TPSA) is 75.3 Å². The van der Waals surface area contributed by atoms with Crippen molar-refractivity contribution in [2.75, 3.05) is 13.7 Å². The van der Waals surface area contributed by atoms with Crippen LogP contribution < -0.4 is 0 Å². The number of aliphatic imine (C=N–C) groups is 1. The molecule has 0 aromatic carbocycles. The first-order valence-corrected chi connectivity index (χ1v) is 12.5. The summed E-state index contributed by atoms with van der Waals surface area (Å²) < 4.78 is 5.17. The van der Waals surface area contributed by atoms with E-state index in [9.17, 15) is 4.79 Å². The van der Waals surface area contributed by atoms with Crippen LogP contribution in [0.1, 0.15) is 107 Å². The summed E-state index contributed by atoms with van der Waals surface area (Å²) in [6.07, 6.45) is 17.7. The monoisotopic (exact) mass is 467 g/mol. The Balaban J connectivity index is 0.000000745. The Labute approximate surface area is 208 Å². The number of nitriles is 1. The van der Waals surface area contributed by atoms with Crippen molar-refractivity contribution in [1.29, 1.82) is 5.26 Å². The Hall–Kier alpha value is -2.74. The molecule has 0 saturated heterocycles. The van der Waals surface area contributed by atoms with Crippen molar-refractivity contribution in [2.45, 2.75) is 87.0 Å². The van der Waals surface area contributed by atoms with Gasteiger partial charge in [-0.15, -0.1) is 0 Å². The molecule has 1 aliphatic carbocycles. The van der Waals surface area contributed by atoms with Crippen molar-refractivity contribution in [3.8, 4) is 6.07 Å². The highest BCUT2D eigenvalue weighted by Crippen LogP contribution is 2.30. The number of hydrogen-bond donors (Lipinski definition) is 0. The van der Waals surface area contributed by atoms with Gasteiger partial charge in [-0.05, 0) is 51.0 Å². The van der Waals surface area contributed by atoms with Gasteiger partial charge in [0.15, 0.2) is 0 Å². The lowest BCUT2D eigenvalue weighted by Crippen LogP contribution is -2.11. The minimum atomic E-state index is -0.361. The molecule has 1 heterocycles. The maximum atomic E-state index is 12.3. The first-order valence-electron chi connectivity index (χ1n) is 12.5. The number of allylic oxidation sites excluding steroid dienone is 3. The van der Waals surface area contributed by atoms with Gasteiger partial charge >= 0.3 is 5.97 Å². The largest absolute Gasteiger partial charge is 0.462 e. The lowest BCUT2D eigenvalue weighted by Gasteiger charge is -2.14. The molecule has 1 saturated carbocycles. The van der Waals surface area contributed by atoms with Crippen LogP contribution in [-0.4, -0.2) is 30.8 Å². The zero-order chi connectivity index (χ0) is 25.9. The molecule has 0 amide bonds. The van der Waals surface area contributed by atoms with Crippen LogP contribution in [0.2, 0.25) is 0 Å². The van der Waals surface area contributed by atoms with Gasteiger partial charge in [-0.2, -0.15) is 5.26 Å². The van der Waals surface area contributed by atoms with Gasteiger partial charge in [0.05, 0.1) is 18.2 Å². The summed E-state index contributed by atoms with van der Waals surface area (Å²) in [4.78, 5) is 20.7. The van der Waals surface area contributed by atoms with Gasteiger partial charge in [0, 0.05) is 43.2 Å². The molecule has 0 radical (unpaired) electrons. The van der Waals surface area contributed by atoms with E-state index in [2.05, 4.69) is 36.8 Å². The van der Waals surface area contributed by atoms with Gasteiger partial charge in [-0.3, -0.25) is 9.98 Å². The Morgan fingerprint density at radius 3 is 2.41 bits per heavy atom. The molecule has 1 aromatic rings. The summed E-state index contributed by atoms with van der Waals surface area (Å²) >= 11 is 0. The highest BCUT2D eigenvalue weighted by molar-refractivity contribution is 6.14. The van der Waals surface area contributed by atoms with Crippen LogP contribution in [0.25, 0.3) is 11.6 Å². The van der Waals surface area contributed by atoms with Crippen LogP contribution in [0.15, 0.2) is 23.3 Å². The van der Waals surface area contributed by atoms with Crippen LogP contribution in [0.3, 0.4) is 0 Å². The molecule has 1 aromatic heterocycles. The molecule has 0 unspecified atom stereocenters. The Morgan fingerprint density at radius 2 is 1.94 bits per heavy atom. The van der Waals surface area contributed by atoms with Crippen molar-refractivity contribution in [3.05, 3.63) is 40.7 Å². The predicted molar refractivity (Wildman–Crippen MR) is 145 cm³/mol. The van der Waals surface area contributed by atoms with Crippen molar-refractivity contribution < 1.29 is 9.53 Å². The van der Waals surface area contributed by atoms with Crippen molar-refractivity contribution in [2.24, 2.45) is 16.8 Å². The molecule has 188 valence electrons. The average Bonchev–Trinajstić information content (AvgIpc) is 3.30. The zero-order valence-electron chi connectivity index (χ0n) is 22.6. The minimum absolute atomic E-state index is 0.333. The molecule has 0 bridgehead atoms. The number of aromatic nitrogens is 1. The number of aryl methyl sites for hydroxylation is 1. The van der Waals surface area contributed by atoms with E-state index in [-0.39, 0.29) is 5.97 Å². The Morgan fingerprint density at radius 1 is 1.32 bits per heavy atom. The molecule has 1 aliphatic rings. The highest BCUT2D eigenvalue weighted by atomic mass is 16.5. The number of rotatable bonds is 8. The molecule has 5 heteroatoms. The number of carbonyl (C=O) groups excluding carboxylic acids is 1. The third kappa shape index (κ3) is 11.4. The predicted octanol–water partition coefficient (Wildman–Crippen LogP) is 7.85. The van der Waals surface area contributed by atoms with Crippen molar-refractivity contribution in [3.63, 3.8) is 0 Å². The first-order chi connectivity index (χ1) is 16.3. The fourth-order valence-corrected chi connectivity index (χ4v) is 4.07. The van der Waals surface area contributed by atoms with E-state index >= 15 is 0 Å². The Bertz CT molecular complexity index is 855. The van der Waals surface area contributed by atoms with E-state index < -0.39 is 0 Å². The number of hydrogen-bond acceptors (Lipinski definition) is 5. The number of nitrogens with zero attached hydrogens (tertiary/aromatic N) is 3. The highest BCUT2D eigenvalue weighted by Gasteiger charge is 2.19. The van der Waals surface area contributed by atoms with Gasteiger partial charge in [-0.25, -0.2) is 4.79 Å². The SMILES string of the molecule is C/C=C(\C=NC)c1c(C(=O)OCC)cnc(C)c1/C=C\CC.CC#N.CC(C)CC1CCCC1. The summed E-state index contributed by atoms with van der Waals surface area (Å²) in [5.41, 5.74) is 3.98. The molecule has 5 nitrogen and oxygen atoms in total. The molecule has 2 rings (SSSR count). The van der Waals surface area contributed by atoms with Gasteiger partial charge in [0.1, 0.15) is 0 Å². The van der Waals surface area contributed by atoms with E-state index in [4.69, 9.17) is 10.00 Å². The van der Waals surface area contributed by atoms with Crippen LogP contribution in [-0.2, 0) is 4.74 Å². The Kier molecular flexibility index (Phi) is 17.2. The van der Waals surface area contributed by atoms with Crippen molar-refractivity contribution in [1.82, 2.24) is 4.98 Å². The first kappa shape index (κ1) is 31.3. The third-order valence-electron chi connectivity index (χ3n) is 5.48. The number of ether oxygens (including phenoxy) is 1. The molecule has 34 heavy (non-hydrogen) atoms. The summed E-state index contributed by atoms with van der Waals surface area (Å²) in [7, 11) is 1.71. The molecule has 0 spiro atoms. The summed E-state index contributed by atoms with van der Waals surface area (Å²) in [6.45, 7) is 14.1. The van der Waals surface area contributed by atoms with Crippen LogP contribution in [0, 0.1) is 30.1 Å². The maximum absolute atomic E-state index is 12.3. The molecule has 0 N–H and O–H groups in total.